The summed E-state index contributed by atoms with van der Waals surface area (Å²) in [5.74, 6) is 1.48. The van der Waals surface area contributed by atoms with Crippen LogP contribution in [0, 0.1) is 6.92 Å². The molecule has 0 fully saturated rings. The topological polar surface area (TPSA) is 78.9 Å². The fourth-order valence-corrected chi connectivity index (χ4v) is 1.64. The lowest BCUT2D eigenvalue weighted by molar-refractivity contribution is 0.287. The van der Waals surface area contributed by atoms with Gasteiger partial charge in [-0.2, -0.15) is 0 Å². The third-order valence-electron chi connectivity index (χ3n) is 2.49. The minimum atomic E-state index is 0.358. The smallest absolute Gasteiger partial charge is 0.143 e. The number of ether oxygens (including phenoxy) is 1. The van der Waals surface area contributed by atoms with Gasteiger partial charge in [-0.15, -0.1) is 5.10 Å². The molecule has 1 aromatic carbocycles. The van der Waals surface area contributed by atoms with Crippen molar-refractivity contribution in [3.05, 3.63) is 48.1 Å². The second-order valence-corrected chi connectivity index (χ2v) is 3.97. The highest BCUT2D eigenvalue weighted by Gasteiger charge is 2.03. The predicted octanol–water partition coefficient (Wildman–Crippen LogP) is 1.54. The molecule has 0 N–H and O–H groups in total. The van der Waals surface area contributed by atoms with Crippen molar-refractivity contribution in [2.24, 2.45) is 0 Å². The van der Waals surface area contributed by atoms with Crippen LogP contribution < -0.4 is 4.74 Å². The van der Waals surface area contributed by atoms with Crippen molar-refractivity contribution in [3.8, 4) is 11.4 Å². The first kappa shape index (κ1) is 11.4. The molecule has 0 saturated carbocycles. The Balaban J connectivity index is 1.73. The summed E-state index contributed by atoms with van der Waals surface area (Å²) in [6.45, 7) is 2.20. The van der Waals surface area contributed by atoms with Gasteiger partial charge in [-0.25, -0.2) is 4.68 Å². The average molecular weight is 257 g/mol. The molecule has 0 unspecified atom stereocenters. The van der Waals surface area contributed by atoms with Crippen molar-refractivity contribution >= 4 is 0 Å². The first-order chi connectivity index (χ1) is 9.31. The second-order valence-electron chi connectivity index (χ2n) is 3.97. The van der Waals surface area contributed by atoms with E-state index in [1.807, 2.05) is 37.3 Å². The van der Waals surface area contributed by atoms with Crippen LogP contribution in [-0.4, -0.2) is 25.4 Å². The lowest BCUT2D eigenvalue weighted by atomic mass is 10.3. The highest BCUT2D eigenvalue weighted by atomic mass is 16.5. The molecule has 7 heteroatoms. The summed E-state index contributed by atoms with van der Waals surface area (Å²) in [5, 5.41) is 14.9. The Morgan fingerprint density at radius 1 is 1.32 bits per heavy atom. The molecule has 96 valence electrons. The number of aromatic nitrogens is 5. The molecular weight excluding hydrogens is 246 g/mol. The zero-order valence-electron chi connectivity index (χ0n) is 10.2. The molecule has 0 aliphatic heterocycles. The highest BCUT2D eigenvalue weighted by molar-refractivity contribution is 5.38. The maximum absolute atomic E-state index is 5.64. The normalized spacial score (nSPS) is 10.6. The van der Waals surface area contributed by atoms with Crippen LogP contribution in [-0.2, 0) is 6.61 Å². The van der Waals surface area contributed by atoms with Gasteiger partial charge in [-0.1, -0.05) is 11.2 Å². The highest BCUT2D eigenvalue weighted by Crippen LogP contribution is 2.17. The van der Waals surface area contributed by atoms with E-state index < -0.39 is 0 Å². The Labute approximate surface area is 108 Å². The molecule has 3 aromatic rings. The molecule has 0 atom stereocenters. The monoisotopic (exact) mass is 257 g/mol. The molecule has 7 nitrogen and oxygen atoms in total. The summed E-state index contributed by atoms with van der Waals surface area (Å²) in [4.78, 5) is 0. The molecule has 19 heavy (non-hydrogen) atoms. The van der Waals surface area contributed by atoms with Crippen molar-refractivity contribution in [2.75, 3.05) is 0 Å². The number of rotatable bonds is 4. The van der Waals surface area contributed by atoms with Gasteiger partial charge >= 0.3 is 0 Å². The Morgan fingerprint density at radius 3 is 3.00 bits per heavy atom. The Hall–Kier alpha value is -2.70. The van der Waals surface area contributed by atoms with Crippen LogP contribution in [0.2, 0.25) is 0 Å². The minimum Gasteiger partial charge on any atom is -0.487 e. The molecule has 0 aliphatic rings. The number of benzene rings is 1. The van der Waals surface area contributed by atoms with Gasteiger partial charge < -0.3 is 9.26 Å². The summed E-state index contributed by atoms with van der Waals surface area (Å²) in [7, 11) is 0. The lowest BCUT2D eigenvalue weighted by Crippen LogP contribution is -1.98. The molecule has 0 aliphatic carbocycles. The summed E-state index contributed by atoms with van der Waals surface area (Å²) >= 11 is 0. The lowest BCUT2D eigenvalue weighted by Gasteiger charge is -2.05. The van der Waals surface area contributed by atoms with E-state index in [0.29, 0.717) is 12.4 Å². The third-order valence-corrected chi connectivity index (χ3v) is 2.49. The van der Waals surface area contributed by atoms with Gasteiger partial charge in [0.05, 0.1) is 5.69 Å². The predicted molar refractivity (Wildman–Crippen MR) is 64.7 cm³/mol. The van der Waals surface area contributed by atoms with Gasteiger partial charge in [0.1, 0.15) is 30.1 Å². The quantitative estimate of drug-likeness (QED) is 0.705. The number of hydrogen-bond acceptors (Lipinski definition) is 6. The van der Waals surface area contributed by atoms with Gasteiger partial charge in [0.15, 0.2) is 0 Å². The fourth-order valence-electron chi connectivity index (χ4n) is 1.64. The summed E-state index contributed by atoms with van der Waals surface area (Å²) in [6.07, 6.45) is 1.53. The Kier molecular flexibility index (Phi) is 2.93. The molecule has 0 radical (unpaired) electrons. The zero-order valence-corrected chi connectivity index (χ0v) is 10.2. The SMILES string of the molecule is Cc1cc(COc2cccc(-n3cnnn3)c2)no1. The average Bonchev–Trinajstić information content (AvgIpc) is 3.08. The molecule has 2 aromatic heterocycles. The van der Waals surface area contributed by atoms with Gasteiger partial charge in [0, 0.05) is 12.1 Å². The maximum atomic E-state index is 5.64. The van der Waals surface area contributed by atoms with E-state index in [0.717, 1.165) is 17.1 Å². The van der Waals surface area contributed by atoms with Gasteiger partial charge in [0.25, 0.3) is 0 Å². The van der Waals surface area contributed by atoms with Gasteiger partial charge in [0.2, 0.25) is 0 Å². The van der Waals surface area contributed by atoms with Crippen molar-refractivity contribution in [2.45, 2.75) is 13.5 Å². The molecule has 0 saturated heterocycles. The van der Waals surface area contributed by atoms with Crippen LogP contribution in [0.3, 0.4) is 0 Å². The molecule has 0 amide bonds. The summed E-state index contributed by atoms with van der Waals surface area (Å²) in [5.41, 5.74) is 1.59. The Morgan fingerprint density at radius 2 is 2.26 bits per heavy atom. The van der Waals surface area contributed by atoms with E-state index >= 15 is 0 Å². The zero-order chi connectivity index (χ0) is 13.1. The van der Waals surface area contributed by atoms with Crippen molar-refractivity contribution in [1.82, 2.24) is 25.4 Å². The van der Waals surface area contributed by atoms with E-state index in [9.17, 15) is 0 Å². The van der Waals surface area contributed by atoms with E-state index in [-0.39, 0.29) is 0 Å². The summed E-state index contributed by atoms with van der Waals surface area (Å²) < 4.78 is 12.2. The third kappa shape index (κ3) is 2.59. The van der Waals surface area contributed by atoms with Crippen LogP contribution >= 0.6 is 0 Å². The van der Waals surface area contributed by atoms with Crippen LogP contribution in [0.25, 0.3) is 5.69 Å². The van der Waals surface area contributed by atoms with E-state index in [1.54, 1.807) is 4.68 Å². The summed E-state index contributed by atoms with van der Waals surface area (Å²) in [6, 6.07) is 9.32. The number of aryl methyl sites for hydroxylation is 1. The molecular formula is C12H11N5O2. The maximum Gasteiger partial charge on any atom is 0.143 e. The van der Waals surface area contributed by atoms with Crippen molar-refractivity contribution < 1.29 is 9.26 Å². The number of nitrogens with zero attached hydrogens (tertiary/aromatic N) is 5. The fraction of sp³-hybridized carbons (Fsp3) is 0.167. The van der Waals surface area contributed by atoms with Crippen LogP contribution in [0.1, 0.15) is 11.5 Å². The number of hydrogen-bond donors (Lipinski definition) is 0. The molecule has 3 rings (SSSR count). The van der Waals surface area contributed by atoms with Crippen molar-refractivity contribution in [3.63, 3.8) is 0 Å². The second kappa shape index (κ2) is 4.89. The van der Waals surface area contributed by atoms with E-state index in [2.05, 4.69) is 20.7 Å². The van der Waals surface area contributed by atoms with Crippen LogP contribution in [0.15, 0.2) is 41.2 Å². The minimum absolute atomic E-state index is 0.358. The first-order valence-corrected chi connectivity index (χ1v) is 5.70. The van der Waals surface area contributed by atoms with Crippen LogP contribution in [0.5, 0.6) is 5.75 Å². The van der Waals surface area contributed by atoms with Crippen LogP contribution in [0.4, 0.5) is 0 Å². The molecule has 0 spiro atoms. The standard InChI is InChI=1S/C12H11N5O2/c1-9-5-10(14-19-9)7-18-12-4-2-3-11(6-12)17-8-13-15-16-17/h2-6,8H,7H2,1H3. The number of tetrazole rings is 1. The molecule has 2 heterocycles. The van der Waals surface area contributed by atoms with E-state index in [4.69, 9.17) is 9.26 Å². The van der Waals surface area contributed by atoms with Gasteiger partial charge in [-0.05, 0) is 29.5 Å². The van der Waals surface area contributed by atoms with Gasteiger partial charge in [-0.3, -0.25) is 0 Å². The first-order valence-electron chi connectivity index (χ1n) is 5.70. The Bertz CT molecular complexity index is 662. The largest absolute Gasteiger partial charge is 0.487 e. The van der Waals surface area contributed by atoms with E-state index in [1.165, 1.54) is 6.33 Å². The molecule has 0 bridgehead atoms. The van der Waals surface area contributed by atoms with Crippen molar-refractivity contribution in [1.29, 1.82) is 0 Å².